The molecule has 0 bridgehead atoms. The molecule has 0 aromatic heterocycles. The van der Waals surface area contributed by atoms with Gasteiger partial charge in [0, 0.05) is 25.7 Å². The minimum Gasteiger partial charge on any atom is -0.376 e. The maximum Gasteiger partial charge on any atom is 0.315 e. The van der Waals surface area contributed by atoms with Gasteiger partial charge in [0.25, 0.3) is 0 Å². The largest absolute Gasteiger partial charge is 0.376 e. The Balaban J connectivity index is 1.57. The summed E-state index contributed by atoms with van der Waals surface area (Å²) in [6.45, 7) is 4.47. The molecule has 0 radical (unpaired) electrons. The highest BCUT2D eigenvalue weighted by Gasteiger charge is 2.23. The minimum absolute atomic E-state index is 0.0761. The summed E-state index contributed by atoms with van der Waals surface area (Å²) >= 11 is 0. The van der Waals surface area contributed by atoms with Gasteiger partial charge < -0.3 is 20.3 Å². The van der Waals surface area contributed by atoms with E-state index in [4.69, 9.17) is 4.74 Å². The third kappa shape index (κ3) is 4.63. The zero-order valence-electron chi connectivity index (χ0n) is 12.9. The standard InChI is InChI=1S/C15H29N3O2/c1-12(14-8-5-11-20-14)17-15(19)16-9-10-18(2)13-6-3-4-7-13/h12-14H,3-11H2,1-2H3,(H2,16,17,19)/t12-,14+/m0/s1. The summed E-state index contributed by atoms with van der Waals surface area (Å²) in [7, 11) is 2.16. The Morgan fingerprint density at radius 1 is 1.30 bits per heavy atom. The highest BCUT2D eigenvalue weighted by Crippen LogP contribution is 2.21. The van der Waals surface area contributed by atoms with Gasteiger partial charge in [-0.3, -0.25) is 0 Å². The van der Waals surface area contributed by atoms with Crippen LogP contribution >= 0.6 is 0 Å². The van der Waals surface area contributed by atoms with Crippen LogP contribution in [0.25, 0.3) is 0 Å². The van der Waals surface area contributed by atoms with E-state index in [1.807, 2.05) is 6.92 Å². The molecule has 20 heavy (non-hydrogen) atoms. The molecule has 2 aliphatic rings. The Morgan fingerprint density at radius 2 is 2.05 bits per heavy atom. The normalized spacial score (nSPS) is 25.1. The molecule has 2 rings (SSSR count). The molecule has 2 N–H and O–H groups in total. The van der Waals surface area contributed by atoms with Crippen molar-refractivity contribution in [2.24, 2.45) is 0 Å². The van der Waals surface area contributed by atoms with Gasteiger partial charge in [-0.05, 0) is 39.7 Å². The van der Waals surface area contributed by atoms with E-state index in [1.165, 1.54) is 25.7 Å². The van der Waals surface area contributed by atoms with Gasteiger partial charge >= 0.3 is 6.03 Å². The first-order chi connectivity index (χ1) is 9.66. The summed E-state index contributed by atoms with van der Waals surface area (Å²) < 4.78 is 5.58. The molecule has 1 heterocycles. The first-order valence-electron chi connectivity index (χ1n) is 8.03. The SMILES string of the molecule is C[C@H](NC(=O)NCCN(C)C1CCCC1)[C@H]1CCCO1. The van der Waals surface area contributed by atoms with Crippen molar-refractivity contribution < 1.29 is 9.53 Å². The van der Waals surface area contributed by atoms with E-state index >= 15 is 0 Å². The number of nitrogens with one attached hydrogen (secondary N) is 2. The van der Waals surface area contributed by atoms with Crippen LogP contribution in [0.4, 0.5) is 4.79 Å². The molecule has 5 heteroatoms. The second-order valence-corrected chi connectivity index (χ2v) is 6.16. The number of carbonyl (C=O) groups excluding carboxylic acids is 1. The Kier molecular flexibility index (Phi) is 6.10. The van der Waals surface area contributed by atoms with Crippen molar-refractivity contribution in [1.29, 1.82) is 0 Å². The third-order valence-corrected chi connectivity index (χ3v) is 4.58. The van der Waals surface area contributed by atoms with Gasteiger partial charge in [0.2, 0.25) is 0 Å². The molecule has 5 nitrogen and oxygen atoms in total. The van der Waals surface area contributed by atoms with Crippen molar-refractivity contribution in [2.45, 2.75) is 63.6 Å². The molecule has 2 atom stereocenters. The lowest BCUT2D eigenvalue weighted by Crippen LogP contribution is -2.47. The predicted molar refractivity (Wildman–Crippen MR) is 79.9 cm³/mol. The molecule has 2 fully saturated rings. The van der Waals surface area contributed by atoms with Crippen molar-refractivity contribution in [3.05, 3.63) is 0 Å². The van der Waals surface area contributed by atoms with Gasteiger partial charge in [-0.25, -0.2) is 4.79 Å². The highest BCUT2D eigenvalue weighted by atomic mass is 16.5. The molecular formula is C15H29N3O2. The van der Waals surface area contributed by atoms with Gasteiger partial charge in [0.1, 0.15) is 0 Å². The predicted octanol–water partition coefficient (Wildman–Crippen LogP) is 1.73. The summed E-state index contributed by atoms with van der Waals surface area (Å²) in [6, 6.07) is 0.726. The summed E-state index contributed by atoms with van der Waals surface area (Å²) in [5, 5.41) is 5.92. The van der Waals surface area contributed by atoms with Crippen molar-refractivity contribution in [3.8, 4) is 0 Å². The van der Waals surface area contributed by atoms with E-state index in [0.717, 1.165) is 26.0 Å². The average molecular weight is 283 g/mol. The molecule has 0 aromatic rings. The number of hydrogen-bond donors (Lipinski definition) is 2. The molecule has 116 valence electrons. The van der Waals surface area contributed by atoms with E-state index < -0.39 is 0 Å². The van der Waals surface area contributed by atoms with E-state index in [-0.39, 0.29) is 18.2 Å². The smallest absolute Gasteiger partial charge is 0.315 e. The van der Waals surface area contributed by atoms with E-state index in [9.17, 15) is 4.79 Å². The number of nitrogens with zero attached hydrogens (tertiary/aromatic N) is 1. The zero-order chi connectivity index (χ0) is 14.4. The number of likely N-dealkylation sites (N-methyl/N-ethyl adjacent to an activating group) is 1. The number of hydrogen-bond acceptors (Lipinski definition) is 3. The van der Waals surface area contributed by atoms with Crippen LogP contribution in [0.2, 0.25) is 0 Å². The van der Waals surface area contributed by atoms with Crippen LogP contribution in [-0.2, 0) is 4.74 Å². The lowest BCUT2D eigenvalue weighted by Gasteiger charge is -2.24. The fourth-order valence-electron chi connectivity index (χ4n) is 3.22. The van der Waals surface area contributed by atoms with Gasteiger partial charge in [0.15, 0.2) is 0 Å². The van der Waals surface area contributed by atoms with Crippen molar-refractivity contribution >= 4 is 6.03 Å². The summed E-state index contributed by atoms with van der Waals surface area (Å²) in [5.74, 6) is 0. The molecule has 1 saturated heterocycles. The molecule has 0 spiro atoms. The quantitative estimate of drug-likeness (QED) is 0.780. The number of urea groups is 1. The van der Waals surface area contributed by atoms with Crippen LogP contribution in [0, 0.1) is 0 Å². The first kappa shape index (κ1) is 15.6. The molecule has 2 amide bonds. The highest BCUT2D eigenvalue weighted by molar-refractivity contribution is 5.74. The third-order valence-electron chi connectivity index (χ3n) is 4.58. The van der Waals surface area contributed by atoms with Gasteiger partial charge in [-0.15, -0.1) is 0 Å². The molecular weight excluding hydrogens is 254 g/mol. The molecule has 1 aliphatic heterocycles. The van der Waals surface area contributed by atoms with Gasteiger partial charge in [-0.1, -0.05) is 12.8 Å². The zero-order valence-corrected chi connectivity index (χ0v) is 12.9. The second-order valence-electron chi connectivity index (χ2n) is 6.16. The van der Waals surface area contributed by atoms with Gasteiger partial charge in [0.05, 0.1) is 12.1 Å². The van der Waals surface area contributed by atoms with E-state index in [1.54, 1.807) is 0 Å². The van der Waals surface area contributed by atoms with Gasteiger partial charge in [-0.2, -0.15) is 0 Å². The lowest BCUT2D eigenvalue weighted by atomic mass is 10.1. The molecule has 0 aromatic carbocycles. The summed E-state index contributed by atoms with van der Waals surface area (Å²) in [5.41, 5.74) is 0. The average Bonchev–Trinajstić information content (AvgIpc) is 3.12. The second kappa shape index (κ2) is 7.84. The Morgan fingerprint density at radius 3 is 2.70 bits per heavy atom. The Labute approximate surface area is 122 Å². The first-order valence-corrected chi connectivity index (χ1v) is 8.03. The number of amides is 2. The fourth-order valence-corrected chi connectivity index (χ4v) is 3.22. The van der Waals surface area contributed by atoms with Crippen molar-refractivity contribution in [1.82, 2.24) is 15.5 Å². The minimum atomic E-state index is -0.0761. The van der Waals surface area contributed by atoms with E-state index in [2.05, 4.69) is 22.6 Å². The van der Waals surface area contributed by atoms with Crippen LogP contribution < -0.4 is 10.6 Å². The van der Waals surface area contributed by atoms with E-state index in [0.29, 0.717) is 12.6 Å². The maximum absolute atomic E-state index is 11.8. The number of rotatable bonds is 6. The number of carbonyl (C=O) groups is 1. The molecule has 1 saturated carbocycles. The Hall–Kier alpha value is -0.810. The topological polar surface area (TPSA) is 53.6 Å². The summed E-state index contributed by atoms with van der Waals surface area (Å²) in [4.78, 5) is 14.2. The van der Waals surface area contributed by atoms with Crippen molar-refractivity contribution in [2.75, 3.05) is 26.7 Å². The van der Waals surface area contributed by atoms with Crippen LogP contribution in [0.5, 0.6) is 0 Å². The number of ether oxygens (including phenoxy) is 1. The lowest BCUT2D eigenvalue weighted by molar-refractivity contribution is 0.0860. The summed E-state index contributed by atoms with van der Waals surface area (Å²) in [6.07, 6.45) is 7.64. The maximum atomic E-state index is 11.8. The van der Waals surface area contributed by atoms with Crippen LogP contribution in [0.3, 0.4) is 0 Å². The van der Waals surface area contributed by atoms with Crippen molar-refractivity contribution in [3.63, 3.8) is 0 Å². The van der Waals surface area contributed by atoms with Crippen LogP contribution in [0.15, 0.2) is 0 Å². The Bertz CT molecular complexity index is 299. The fraction of sp³-hybridized carbons (Fsp3) is 0.933. The van der Waals surface area contributed by atoms with Crippen LogP contribution in [0.1, 0.15) is 45.4 Å². The monoisotopic (exact) mass is 283 g/mol. The molecule has 0 unspecified atom stereocenters. The molecule has 1 aliphatic carbocycles. The van der Waals surface area contributed by atoms with Crippen LogP contribution in [-0.4, -0.2) is 55.9 Å².